The maximum Gasteiger partial charge on any atom is 0.270 e. The summed E-state index contributed by atoms with van der Waals surface area (Å²) in [6.45, 7) is 10.0. The maximum absolute atomic E-state index is 12.0. The number of hydrogen-bond donors (Lipinski definition) is 2. The average molecular weight is 298 g/mol. The molecule has 0 saturated heterocycles. The van der Waals surface area contributed by atoms with Crippen LogP contribution in [-0.4, -0.2) is 41.5 Å². The van der Waals surface area contributed by atoms with Gasteiger partial charge >= 0.3 is 0 Å². The highest BCUT2D eigenvalue weighted by Gasteiger charge is 2.13. The molecule has 0 aliphatic carbocycles. The van der Waals surface area contributed by atoms with E-state index < -0.39 is 0 Å². The van der Waals surface area contributed by atoms with E-state index in [0.717, 1.165) is 37.5 Å². The van der Waals surface area contributed by atoms with Gasteiger partial charge in [-0.25, -0.2) is 4.98 Å². The molecule has 0 bridgehead atoms. The van der Waals surface area contributed by atoms with Crippen LogP contribution in [0.4, 0.5) is 0 Å². The molecule has 1 unspecified atom stereocenters. The Balaban J connectivity index is 2.31. The summed E-state index contributed by atoms with van der Waals surface area (Å²) in [5.74, 6) is -0.101. The van der Waals surface area contributed by atoms with Crippen LogP contribution < -0.4 is 11.1 Å². The average Bonchev–Trinajstić information content (AvgIpc) is 2.92. The number of thiazole rings is 1. The van der Waals surface area contributed by atoms with Crippen molar-refractivity contribution in [3.63, 3.8) is 0 Å². The van der Waals surface area contributed by atoms with E-state index >= 15 is 0 Å². The molecule has 0 radical (unpaired) electrons. The Morgan fingerprint density at radius 1 is 1.50 bits per heavy atom. The molecule has 1 aromatic rings. The molecule has 0 aromatic carbocycles. The molecule has 1 rings (SSSR count). The Bertz CT molecular complexity index is 404. The van der Waals surface area contributed by atoms with Crippen molar-refractivity contribution in [2.75, 3.05) is 19.6 Å². The smallest absolute Gasteiger partial charge is 0.270 e. The van der Waals surface area contributed by atoms with Crippen molar-refractivity contribution < 1.29 is 4.79 Å². The Morgan fingerprint density at radius 3 is 2.75 bits per heavy atom. The number of nitrogens with zero attached hydrogens (tertiary/aromatic N) is 2. The third kappa shape index (κ3) is 5.56. The van der Waals surface area contributed by atoms with Gasteiger partial charge in [0.2, 0.25) is 0 Å². The van der Waals surface area contributed by atoms with E-state index in [1.54, 1.807) is 5.38 Å². The fraction of sp³-hybridized carbons (Fsp3) is 0.714. The van der Waals surface area contributed by atoms with Gasteiger partial charge in [-0.3, -0.25) is 4.79 Å². The van der Waals surface area contributed by atoms with Gasteiger partial charge in [0.25, 0.3) is 5.91 Å². The molecule has 0 fully saturated rings. The quantitative estimate of drug-likeness (QED) is 0.730. The topological polar surface area (TPSA) is 71.2 Å². The fourth-order valence-electron chi connectivity index (χ4n) is 2.04. The molecule has 0 saturated carbocycles. The molecular formula is C14H26N4OS. The lowest BCUT2D eigenvalue weighted by Crippen LogP contribution is -2.33. The number of carbonyl (C=O) groups excluding carboxylic acids is 1. The molecule has 0 aliphatic rings. The van der Waals surface area contributed by atoms with E-state index in [0.29, 0.717) is 12.2 Å². The van der Waals surface area contributed by atoms with Gasteiger partial charge in [-0.1, -0.05) is 13.8 Å². The zero-order chi connectivity index (χ0) is 15.0. The first kappa shape index (κ1) is 17.1. The molecule has 6 heteroatoms. The van der Waals surface area contributed by atoms with Gasteiger partial charge in [0.05, 0.1) is 0 Å². The molecule has 1 amide bonds. The highest BCUT2D eigenvalue weighted by molar-refractivity contribution is 7.09. The van der Waals surface area contributed by atoms with Crippen molar-refractivity contribution in [3.05, 3.63) is 16.1 Å². The lowest BCUT2D eigenvalue weighted by Gasteiger charge is -2.19. The second-order valence-electron chi connectivity index (χ2n) is 4.87. The molecular weight excluding hydrogens is 272 g/mol. The van der Waals surface area contributed by atoms with Crippen LogP contribution in [0.25, 0.3) is 0 Å². The minimum Gasteiger partial charge on any atom is -0.348 e. The molecule has 1 atom stereocenters. The predicted octanol–water partition coefficient (Wildman–Crippen LogP) is 1.84. The van der Waals surface area contributed by atoms with Crippen LogP contribution >= 0.6 is 11.3 Å². The second kappa shape index (κ2) is 9.05. The van der Waals surface area contributed by atoms with Gasteiger partial charge < -0.3 is 16.0 Å². The molecule has 0 spiro atoms. The number of rotatable bonds is 9. The molecule has 1 aromatic heterocycles. The van der Waals surface area contributed by atoms with Crippen molar-refractivity contribution in [3.8, 4) is 0 Å². The summed E-state index contributed by atoms with van der Waals surface area (Å²) in [5, 5.41) is 5.55. The van der Waals surface area contributed by atoms with Gasteiger partial charge in [0, 0.05) is 18.0 Å². The molecule has 5 nitrogen and oxygen atoms in total. The highest BCUT2D eigenvalue weighted by atomic mass is 32.1. The summed E-state index contributed by atoms with van der Waals surface area (Å²) in [7, 11) is 0. The summed E-state index contributed by atoms with van der Waals surface area (Å²) in [5.41, 5.74) is 5.97. The van der Waals surface area contributed by atoms with E-state index in [1.807, 2.05) is 6.92 Å². The number of nitrogens with two attached hydrogens (primary N) is 1. The normalized spacial score (nSPS) is 12.7. The zero-order valence-electron chi connectivity index (χ0n) is 12.7. The predicted molar refractivity (Wildman–Crippen MR) is 84.0 cm³/mol. The summed E-state index contributed by atoms with van der Waals surface area (Å²) in [4.78, 5) is 18.6. The van der Waals surface area contributed by atoms with E-state index in [-0.39, 0.29) is 11.9 Å². The third-order valence-corrected chi connectivity index (χ3v) is 4.21. The van der Waals surface area contributed by atoms with Gasteiger partial charge in [-0.05, 0) is 39.4 Å². The lowest BCUT2D eigenvalue weighted by atomic mass is 10.1. The number of amides is 1. The lowest BCUT2D eigenvalue weighted by molar-refractivity contribution is 0.0932. The second-order valence-corrected chi connectivity index (χ2v) is 5.82. The standard InChI is InChI=1S/C14H26N4OS/c1-4-18(5-2)8-6-7-11(3)16-14(19)12-10-20-13(9-15)17-12/h10-11H,4-9,15H2,1-3H3,(H,16,19). The van der Waals surface area contributed by atoms with Crippen molar-refractivity contribution in [2.45, 2.75) is 46.2 Å². The molecule has 20 heavy (non-hydrogen) atoms. The van der Waals surface area contributed by atoms with Crippen molar-refractivity contribution in [1.82, 2.24) is 15.2 Å². The van der Waals surface area contributed by atoms with Crippen molar-refractivity contribution >= 4 is 17.2 Å². The number of aromatic nitrogens is 1. The van der Waals surface area contributed by atoms with Gasteiger partial charge in [-0.2, -0.15) is 0 Å². The van der Waals surface area contributed by atoms with E-state index in [1.165, 1.54) is 11.3 Å². The molecule has 114 valence electrons. The van der Waals surface area contributed by atoms with E-state index in [9.17, 15) is 4.79 Å². The first-order chi connectivity index (χ1) is 9.60. The minimum absolute atomic E-state index is 0.101. The maximum atomic E-state index is 12.0. The Morgan fingerprint density at radius 2 is 2.20 bits per heavy atom. The first-order valence-corrected chi connectivity index (χ1v) is 8.16. The van der Waals surface area contributed by atoms with Crippen LogP contribution in [0.3, 0.4) is 0 Å². The SMILES string of the molecule is CCN(CC)CCCC(C)NC(=O)c1csc(CN)n1. The summed E-state index contributed by atoms with van der Waals surface area (Å²) < 4.78 is 0. The minimum atomic E-state index is -0.101. The Kier molecular flexibility index (Phi) is 7.72. The molecule has 0 aliphatic heterocycles. The highest BCUT2D eigenvalue weighted by Crippen LogP contribution is 2.09. The number of nitrogens with one attached hydrogen (secondary N) is 1. The van der Waals surface area contributed by atoms with Crippen LogP contribution in [0.1, 0.15) is 49.1 Å². The largest absolute Gasteiger partial charge is 0.348 e. The van der Waals surface area contributed by atoms with Gasteiger partial charge in [-0.15, -0.1) is 11.3 Å². The molecule has 3 N–H and O–H groups in total. The third-order valence-electron chi connectivity index (χ3n) is 3.34. The van der Waals surface area contributed by atoms with Crippen LogP contribution in [0.2, 0.25) is 0 Å². The summed E-state index contributed by atoms with van der Waals surface area (Å²) >= 11 is 1.43. The van der Waals surface area contributed by atoms with Crippen LogP contribution in [0.15, 0.2) is 5.38 Å². The van der Waals surface area contributed by atoms with Crippen LogP contribution in [0, 0.1) is 0 Å². The molecule has 1 heterocycles. The van der Waals surface area contributed by atoms with Crippen molar-refractivity contribution in [2.24, 2.45) is 5.73 Å². The summed E-state index contributed by atoms with van der Waals surface area (Å²) in [6.07, 6.45) is 2.07. The zero-order valence-corrected chi connectivity index (χ0v) is 13.5. The van der Waals surface area contributed by atoms with Crippen LogP contribution in [0.5, 0.6) is 0 Å². The Hall–Kier alpha value is -0.980. The number of hydrogen-bond acceptors (Lipinski definition) is 5. The Labute approximate surface area is 125 Å². The van der Waals surface area contributed by atoms with Gasteiger partial charge in [0.15, 0.2) is 0 Å². The van der Waals surface area contributed by atoms with E-state index in [2.05, 4.69) is 29.0 Å². The van der Waals surface area contributed by atoms with Gasteiger partial charge in [0.1, 0.15) is 10.7 Å². The summed E-state index contributed by atoms with van der Waals surface area (Å²) in [6, 6.07) is 0.168. The number of carbonyl (C=O) groups is 1. The van der Waals surface area contributed by atoms with E-state index in [4.69, 9.17) is 5.73 Å². The fourth-order valence-corrected chi connectivity index (χ4v) is 2.69. The van der Waals surface area contributed by atoms with Crippen LogP contribution in [-0.2, 0) is 6.54 Å². The van der Waals surface area contributed by atoms with Crippen molar-refractivity contribution in [1.29, 1.82) is 0 Å². The monoisotopic (exact) mass is 298 g/mol. The first-order valence-electron chi connectivity index (χ1n) is 7.28.